The minimum Gasteiger partial charge on any atom is -0.297 e. The number of hydrogen-bond acceptors (Lipinski definition) is 7. The van der Waals surface area contributed by atoms with Crippen LogP contribution in [0.25, 0.3) is 10.7 Å². The van der Waals surface area contributed by atoms with E-state index >= 15 is 0 Å². The van der Waals surface area contributed by atoms with E-state index in [4.69, 9.17) is 16.9 Å². The third-order valence-corrected chi connectivity index (χ3v) is 5.92. The number of nitriles is 1. The van der Waals surface area contributed by atoms with E-state index in [9.17, 15) is 0 Å². The summed E-state index contributed by atoms with van der Waals surface area (Å²) in [6, 6.07) is 6.03. The Kier molecular flexibility index (Phi) is 4.59. The van der Waals surface area contributed by atoms with Crippen LogP contribution in [0.3, 0.4) is 0 Å². The number of allylic oxidation sites excluding steroid dienone is 1. The second-order valence-corrected chi connectivity index (χ2v) is 7.35. The molecule has 3 rings (SSSR count). The zero-order chi connectivity index (χ0) is 15.5. The van der Waals surface area contributed by atoms with Crippen LogP contribution in [0.15, 0.2) is 39.5 Å². The smallest absolute Gasteiger partial charge is 0.197 e. The first-order chi connectivity index (χ1) is 10.7. The Morgan fingerprint density at radius 1 is 1.50 bits per heavy atom. The largest absolute Gasteiger partial charge is 0.297 e. The van der Waals surface area contributed by atoms with Gasteiger partial charge in [-0.25, -0.2) is 0 Å². The van der Waals surface area contributed by atoms with Crippen molar-refractivity contribution in [2.24, 2.45) is 0 Å². The lowest BCUT2D eigenvalue weighted by Crippen LogP contribution is -1.99. The fraction of sp³-hybridized carbons (Fsp3) is 0.0769. The lowest BCUT2D eigenvalue weighted by atomic mass is 10.4. The van der Waals surface area contributed by atoms with Crippen molar-refractivity contribution in [1.82, 2.24) is 19.1 Å². The number of rotatable bonds is 5. The van der Waals surface area contributed by atoms with Gasteiger partial charge in [-0.15, -0.1) is 28.1 Å². The number of aromatic nitrogens is 4. The Labute approximate surface area is 144 Å². The molecule has 0 saturated carbocycles. The second-order valence-electron chi connectivity index (χ2n) is 4.03. The van der Waals surface area contributed by atoms with E-state index in [2.05, 4.69) is 27.2 Å². The average molecular weight is 366 g/mol. The summed E-state index contributed by atoms with van der Waals surface area (Å²) in [6.07, 6.45) is 1.79. The maximum atomic E-state index is 9.16. The molecule has 0 aromatic carbocycles. The molecule has 0 atom stereocenters. The third kappa shape index (κ3) is 2.80. The molecule has 9 heteroatoms. The molecule has 0 fully saturated rings. The van der Waals surface area contributed by atoms with Crippen LogP contribution >= 0.6 is 46.2 Å². The van der Waals surface area contributed by atoms with Gasteiger partial charge in [0.15, 0.2) is 16.1 Å². The number of nitrogens with zero attached hydrogens (tertiary/aromatic N) is 5. The summed E-state index contributed by atoms with van der Waals surface area (Å²) in [7, 11) is 0. The number of thiophene rings is 1. The zero-order valence-electron chi connectivity index (χ0n) is 11.1. The maximum Gasteiger partial charge on any atom is 0.197 e. The Morgan fingerprint density at radius 3 is 3.05 bits per heavy atom. The Bertz CT molecular complexity index is 844. The quantitative estimate of drug-likeness (QED) is 0.629. The summed E-state index contributed by atoms with van der Waals surface area (Å²) in [5.74, 6) is 0.784. The molecule has 5 nitrogen and oxygen atoms in total. The van der Waals surface area contributed by atoms with Gasteiger partial charge >= 0.3 is 0 Å². The standard InChI is InChI=1S/C13H8ClN5S3/c1-2-5-19-11(9-4-3-6-20-9)16-17-13(19)21-12-8(7-15)10(14)18-22-12/h2-4,6H,1,5H2. The Balaban J connectivity index is 2.01. The van der Waals surface area contributed by atoms with Gasteiger partial charge in [-0.2, -0.15) is 9.64 Å². The van der Waals surface area contributed by atoms with Gasteiger partial charge in [-0.3, -0.25) is 4.57 Å². The molecule has 0 bridgehead atoms. The van der Waals surface area contributed by atoms with Gasteiger partial charge in [0.05, 0.1) is 4.88 Å². The van der Waals surface area contributed by atoms with Crippen molar-refractivity contribution in [2.75, 3.05) is 0 Å². The molecule has 0 spiro atoms. The monoisotopic (exact) mass is 365 g/mol. The van der Waals surface area contributed by atoms with Gasteiger partial charge in [0.25, 0.3) is 0 Å². The van der Waals surface area contributed by atoms with Crippen molar-refractivity contribution in [1.29, 1.82) is 5.26 Å². The summed E-state index contributed by atoms with van der Waals surface area (Å²) in [5.41, 5.74) is 0.377. The fourth-order valence-corrected chi connectivity index (χ4v) is 4.55. The predicted molar refractivity (Wildman–Crippen MR) is 89.5 cm³/mol. The molecule has 0 radical (unpaired) electrons. The highest BCUT2D eigenvalue weighted by Gasteiger charge is 2.19. The van der Waals surface area contributed by atoms with Gasteiger partial charge in [0.1, 0.15) is 15.8 Å². The van der Waals surface area contributed by atoms with Crippen LogP contribution in [-0.4, -0.2) is 19.1 Å². The first-order valence-electron chi connectivity index (χ1n) is 6.05. The van der Waals surface area contributed by atoms with Crippen LogP contribution in [-0.2, 0) is 6.54 Å². The normalized spacial score (nSPS) is 10.5. The van der Waals surface area contributed by atoms with Crippen molar-refractivity contribution < 1.29 is 0 Å². The van der Waals surface area contributed by atoms with E-state index in [-0.39, 0.29) is 5.15 Å². The van der Waals surface area contributed by atoms with Crippen LogP contribution in [0.5, 0.6) is 0 Å². The van der Waals surface area contributed by atoms with Crippen molar-refractivity contribution in [3.05, 3.63) is 40.9 Å². The van der Waals surface area contributed by atoms with Crippen molar-refractivity contribution >= 4 is 46.2 Å². The average Bonchev–Trinajstić information content (AvgIpc) is 3.22. The molecule has 22 heavy (non-hydrogen) atoms. The van der Waals surface area contributed by atoms with Crippen LogP contribution in [0.1, 0.15) is 5.56 Å². The minimum atomic E-state index is 0.225. The molecule has 3 aromatic heterocycles. The fourth-order valence-electron chi connectivity index (χ4n) is 1.75. The lowest BCUT2D eigenvalue weighted by molar-refractivity contribution is 0.732. The number of hydrogen-bond donors (Lipinski definition) is 0. The molecular weight excluding hydrogens is 358 g/mol. The predicted octanol–water partition coefficient (Wildman–Crippen LogP) is 4.33. The van der Waals surface area contributed by atoms with Gasteiger partial charge in [0, 0.05) is 6.54 Å². The van der Waals surface area contributed by atoms with E-state index in [1.165, 1.54) is 23.3 Å². The molecule has 0 amide bonds. The molecule has 0 unspecified atom stereocenters. The maximum absolute atomic E-state index is 9.16. The molecule has 3 heterocycles. The summed E-state index contributed by atoms with van der Waals surface area (Å²) < 4.78 is 6.67. The zero-order valence-corrected chi connectivity index (χ0v) is 14.3. The van der Waals surface area contributed by atoms with Gasteiger partial charge in [-0.1, -0.05) is 23.7 Å². The summed E-state index contributed by atoms with van der Waals surface area (Å²) in [6.45, 7) is 4.36. The third-order valence-electron chi connectivity index (χ3n) is 2.68. The van der Waals surface area contributed by atoms with Crippen LogP contribution in [0.4, 0.5) is 0 Å². The summed E-state index contributed by atoms with van der Waals surface area (Å²) in [5, 5.41) is 20.5. The van der Waals surface area contributed by atoms with Crippen LogP contribution < -0.4 is 0 Å². The van der Waals surface area contributed by atoms with E-state index in [1.807, 2.05) is 22.1 Å². The Morgan fingerprint density at radius 2 is 2.36 bits per heavy atom. The van der Waals surface area contributed by atoms with E-state index < -0.39 is 0 Å². The van der Waals surface area contributed by atoms with Crippen molar-refractivity contribution in [3.8, 4) is 16.8 Å². The van der Waals surface area contributed by atoms with E-state index in [1.54, 1.807) is 17.4 Å². The highest BCUT2D eigenvalue weighted by molar-refractivity contribution is 8.01. The summed E-state index contributed by atoms with van der Waals surface area (Å²) in [4.78, 5) is 1.03. The van der Waals surface area contributed by atoms with Crippen LogP contribution in [0, 0.1) is 11.3 Å². The van der Waals surface area contributed by atoms with Gasteiger partial charge in [-0.05, 0) is 34.7 Å². The first kappa shape index (κ1) is 15.2. The highest BCUT2D eigenvalue weighted by atomic mass is 35.5. The summed E-state index contributed by atoms with van der Waals surface area (Å²) >= 11 is 10.0. The lowest BCUT2D eigenvalue weighted by Gasteiger charge is -2.05. The molecule has 0 aliphatic carbocycles. The molecule has 0 aliphatic heterocycles. The van der Waals surface area contributed by atoms with Crippen molar-refractivity contribution in [3.63, 3.8) is 0 Å². The molecule has 0 N–H and O–H groups in total. The van der Waals surface area contributed by atoms with Gasteiger partial charge in [0.2, 0.25) is 0 Å². The minimum absolute atomic E-state index is 0.225. The van der Waals surface area contributed by atoms with Gasteiger partial charge < -0.3 is 0 Å². The number of halogens is 1. The highest BCUT2D eigenvalue weighted by Crippen LogP contribution is 2.37. The second kappa shape index (κ2) is 6.62. The molecule has 0 saturated heterocycles. The topological polar surface area (TPSA) is 67.4 Å². The molecule has 3 aromatic rings. The molecule has 110 valence electrons. The Hall–Kier alpha value is -1.66. The molecule has 0 aliphatic rings. The van der Waals surface area contributed by atoms with E-state index in [0.29, 0.717) is 21.5 Å². The first-order valence-corrected chi connectivity index (χ1v) is 8.90. The van der Waals surface area contributed by atoms with E-state index in [0.717, 1.165) is 10.7 Å². The van der Waals surface area contributed by atoms with Crippen LogP contribution in [0.2, 0.25) is 5.15 Å². The van der Waals surface area contributed by atoms with Crippen molar-refractivity contribution in [2.45, 2.75) is 15.9 Å². The SMILES string of the molecule is C=CCn1c(Sc2snc(Cl)c2C#N)nnc1-c1cccs1. The molecular formula is C13H8ClN5S3.